The summed E-state index contributed by atoms with van der Waals surface area (Å²) < 4.78 is 11.8. The van der Waals surface area contributed by atoms with Crippen LogP contribution in [-0.4, -0.2) is 12.1 Å². The van der Waals surface area contributed by atoms with Crippen LogP contribution < -0.4 is 4.74 Å². The van der Waals surface area contributed by atoms with Crippen LogP contribution in [-0.2, 0) is 0 Å². The van der Waals surface area contributed by atoms with Gasteiger partial charge in [-0.2, -0.15) is 0 Å². The number of aromatic nitrogens is 1. The lowest BCUT2D eigenvalue weighted by atomic mass is 10.1. The fourth-order valence-electron chi connectivity index (χ4n) is 1.82. The van der Waals surface area contributed by atoms with Gasteiger partial charge in [0.05, 0.1) is 23.2 Å². The lowest BCUT2D eigenvalue weighted by Gasteiger charge is -1.96. The molecule has 3 aromatic rings. The molecule has 18 heavy (non-hydrogen) atoms. The topological polar surface area (TPSA) is 35.3 Å². The highest BCUT2D eigenvalue weighted by Crippen LogP contribution is 2.37. The molecule has 0 N–H and O–H groups in total. The fourth-order valence-corrected chi connectivity index (χ4v) is 2.42. The highest BCUT2D eigenvalue weighted by atomic mass is 79.9. The number of hydrogen-bond donors (Lipinski definition) is 0. The zero-order valence-electron chi connectivity index (χ0n) is 9.68. The summed E-state index contributed by atoms with van der Waals surface area (Å²) in [6, 6.07) is 11.8. The van der Waals surface area contributed by atoms with Gasteiger partial charge in [0.15, 0.2) is 5.76 Å². The lowest BCUT2D eigenvalue weighted by molar-refractivity contribution is 0.413. The monoisotopic (exact) mass is 303 g/mol. The van der Waals surface area contributed by atoms with Crippen molar-refractivity contribution in [3.63, 3.8) is 0 Å². The molecular formula is C14H10BrNO2. The minimum Gasteiger partial charge on any atom is -0.495 e. The summed E-state index contributed by atoms with van der Waals surface area (Å²) >= 11 is 3.56. The molecule has 0 radical (unpaired) electrons. The van der Waals surface area contributed by atoms with Crippen molar-refractivity contribution in [3.8, 4) is 17.1 Å². The molecule has 3 nitrogen and oxygen atoms in total. The molecule has 0 aliphatic rings. The molecule has 1 aromatic carbocycles. The molecule has 3 rings (SSSR count). The van der Waals surface area contributed by atoms with Crippen LogP contribution in [0.3, 0.4) is 0 Å². The number of rotatable bonds is 2. The van der Waals surface area contributed by atoms with Crippen LogP contribution >= 0.6 is 15.9 Å². The highest BCUT2D eigenvalue weighted by Gasteiger charge is 2.15. The van der Waals surface area contributed by atoms with E-state index in [0.29, 0.717) is 11.5 Å². The van der Waals surface area contributed by atoms with Crippen LogP contribution in [0.2, 0.25) is 0 Å². The minimum absolute atomic E-state index is 0.599. The van der Waals surface area contributed by atoms with Gasteiger partial charge in [-0.1, -0.05) is 30.3 Å². The number of benzene rings is 1. The summed E-state index contributed by atoms with van der Waals surface area (Å²) in [6.45, 7) is 0. The molecule has 0 amide bonds. The van der Waals surface area contributed by atoms with Crippen molar-refractivity contribution in [1.82, 2.24) is 4.98 Å². The normalized spacial score (nSPS) is 10.8. The molecule has 0 atom stereocenters. The number of pyridine rings is 1. The molecule has 2 aromatic heterocycles. The van der Waals surface area contributed by atoms with Gasteiger partial charge in [-0.15, -0.1) is 0 Å². The Morgan fingerprint density at radius 2 is 2.00 bits per heavy atom. The van der Waals surface area contributed by atoms with Gasteiger partial charge in [-0.3, -0.25) is 0 Å². The van der Waals surface area contributed by atoms with E-state index < -0.39 is 0 Å². The molecule has 0 spiro atoms. The first-order valence-electron chi connectivity index (χ1n) is 5.47. The van der Waals surface area contributed by atoms with Crippen molar-refractivity contribution in [2.75, 3.05) is 7.11 Å². The zero-order chi connectivity index (χ0) is 12.5. The van der Waals surface area contributed by atoms with E-state index >= 15 is 0 Å². The number of furan rings is 1. The smallest absolute Gasteiger partial charge is 0.228 e. The van der Waals surface area contributed by atoms with Gasteiger partial charge in [-0.25, -0.2) is 4.98 Å². The third kappa shape index (κ3) is 1.78. The molecule has 0 aliphatic carbocycles. The average molecular weight is 304 g/mol. The van der Waals surface area contributed by atoms with E-state index in [1.54, 1.807) is 13.3 Å². The first kappa shape index (κ1) is 11.3. The molecular weight excluding hydrogens is 294 g/mol. The summed E-state index contributed by atoms with van der Waals surface area (Å²) in [7, 11) is 1.62. The van der Waals surface area contributed by atoms with Gasteiger partial charge < -0.3 is 9.15 Å². The van der Waals surface area contributed by atoms with Crippen molar-refractivity contribution in [3.05, 3.63) is 47.1 Å². The van der Waals surface area contributed by atoms with Gasteiger partial charge in [0, 0.05) is 5.56 Å². The summed E-state index contributed by atoms with van der Waals surface area (Å²) in [5.74, 6) is 1.50. The molecule has 4 heteroatoms. The maximum atomic E-state index is 5.77. The van der Waals surface area contributed by atoms with Gasteiger partial charge in [0.25, 0.3) is 0 Å². The van der Waals surface area contributed by atoms with Crippen LogP contribution in [0.15, 0.2) is 51.5 Å². The van der Waals surface area contributed by atoms with Crippen LogP contribution in [0.5, 0.6) is 5.75 Å². The minimum atomic E-state index is 0.599. The Morgan fingerprint density at radius 1 is 1.22 bits per heavy atom. The zero-order valence-corrected chi connectivity index (χ0v) is 11.3. The fraction of sp³-hybridized carbons (Fsp3) is 0.0714. The highest BCUT2D eigenvalue weighted by molar-refractivity contribution is 9.10. The van der Waals surface area contributed by atoms with Crippen molar-refractivity contribution in [2.45, 2.75) is 0 Å². The third-order valence-corrected chi connectivity index (χ3v) is 3.52. The summed E-state index contributed by atoms with van der Waals surface area (Å²) in [4.78, 5) is 4.24. The van der Waals surface area contributed by atoms with E-state index in [-0.39, 0.29) is 0 Å². The Bertz CT molecular complexity index is 692. The number of fused-ring (bicyclic) bond motifs is 1. The standard InChI is InChI=1S/C14H10BrNO2/c1-17-10-7-11-12(15)13(18-14(11)16-8-10)9-5-3-2-4-6-9/h2-8H,1H3. The Morgan fingerprint density at radius 3 is 2.72 bits per heavy atom. The van der Waals surface area contributed by atoms with Gasteiger partial charge in [0.1, 0.15) is 5.75 Å². The van der Waals surface area contributed by atoms with Crippen LogP contribution in [0.1, 0.15) is 0 Å². The van der Waals surface area contributed by atoms with E-state index in [1.807, 2.05) is 36.4 Å². The van der Waals surface area contributed by atoms with Crippen LogP contribution in [0, 0.1) is 0 Å². The number of methoxy groups -OCH3 is 1. The molecule has 0 bridgehead atoms. The summed E-state index contributed by atoms with van der Waals surface area (Å²) in [5.41, 5.74) is 1.61. The summed E-state index contributed by atoms with van der Waals surface area (Å²) in [5, 5.41) is 0.910. The second kappa shape index (κ2) is 4.46. The number of halogens is 1. The average Bonchev–Trinajstić information content (AvgIpc) is 2.77. The molecule has 0 aliphatic heterocycles. The second-order valence-electron chi connectivity index (χ2n) is 3.84. The Labute approximate surface area is 113 Å². The van der Waals surface area contributed by atoms with E-state index in [4.69, 9.17) is 9.15 Å². The predicted octanol–water partition coefficient (Wildman–Crippen LogP) is 4.27. The van der Waals surface area contributed by atoms with E-state index in [9.17, 15) is 0 Å². The number of ether oxygens (including phenoxy) is 1. The maximum Gasteiger partial charge on any atom is 0.228 e. The second-order valence-corrected chi connectivity index (χ2v) is 4.63. The Kier molecular flexibility index (Phi) is 2.80. The molecule has 90 valence electrons. The third-order valence-electron chi connectivity index (χ3n) is 2.73. The molecule has 0 unspecified atom stereocenters. The van der Waals surface area contributed by atoms with Crippen molar-refractivity contribution >= 4 is 27.0 Å². The van der Waals surface area contributed by atoms with Gasteiger partial charge in [-0.05, 0) is 22.0 Å². The van der Waals surface area contributed by atoms with Crippen molar-refractivity contribution in [1.29, 1.82) is 0 Å². The quantitative estimate of drug-likeness (QED) is 0.709. The molecule has 2 heterocycles. The largest absolute Gasteiger partial charge is 0.495 e. The van der Waals surface area contributed by atoms with E-state index in [2.05, 4.69) is 20.9 Å². The lowest BCUT2D eigenvalue weighted by Crippen LogP contribution is -1.83. The molecule has 0 fully saturated rings. The van der Waals surface area contributed by atoms with Crippen LogP contribution in [0.25, 0.3) is 22.4 Å². The predicted molar refractivity (Wildman–Crippen MR) is 73.7 cm³/mol. The molecule has 0 saturated carbocycles. The Balaban J connectivity index is 2.23. The first-order chi connectivity index (χ1) is 8.79. The van der Waals surface area contributed by atoms with Crippen molar-refractivity contribution in [2.24, 2.45) is 0 Å². The molecule has 0 saturated heterocycles. The van der Waals surface area contributed by atoms with Gasteiger partial charge >= 0.3 is 0 Å². The SMILES string of the molecule is COc1cnc2oc(-c3ccccc3)c(Br)c2c1. The van der Waals surface area contributed by atoms with E-state index in [0.717, 1.165) is 21.2 Å². The van der Waals surface area contributed by atoms with Gasteiger partial charge in [0.2, 0.25) is 5.71 Å². The first-order valence-corrected chi connectivity index (χ1v) is 6.26. The number of nitrogens with zero attached hydrogens (tertiary/aromatic N) is 1. The maximum absolute atomic E-state index is 5.77. The summed E-state index contributed by atoms with van der Waals surface area (Å²) in [6.07, 6.45) is 1.65. The van der Waals surface area contributed by atoms with Crippen molar-refractivity contribution < 1.29 is 9.15 Å². The van der Waals surface area contributed by atoms with E-state index in [1.165, 1.54) is 0 Å². The number of hydrogen-bond acceptors (Lipinski definition) is 3. The Hall–Kier alpha value is -1.81. The van der Waals surface area contributed by atoms with Crippen LogP contribution in [0.4, 0.5) is 0 Å².